The maximum Gasteiger partial charge on any atom is 0.159 e. The van der Waals surface area contributed by atoms with Crippen LogP contribution in [0.15, 0.2) is 0 Å². The van der Waals surface area contributed by atoms with Crippen LogP contribution in [0.4, 0.5) is 0 Å². The molecule has 0 amide bonds. The molecule has 82 valence electrons. The first-order valence-electron chi connectivity index (χ1n) is 5.79. The number of fused-ring (bicyclic) bond motifs is 3. The molecule has 3 nitrogen and oxygen atoms in total. The number of hydrogen-bond acceptors (Lipinski definition) is 3. The highest BCUT2D eigenvalue weighted by Gasteiger charge is 2.45. The molecular formula is C11H21NO2. The van der Waals surface area contributed by atoms with E-state index in [1.54, 1.807) is 0 Å². The lowest BCUT2D eigenvalue weighted by Gasteiger charge is -2.48. The molecule has 0 spiro atoms. The van der Waals surface area contributed by atoms with Crippen LogP contribution in [-0.2, 0) is 4.74 Å². The second-order valence-electron chi connectivity index (χ2n) is 4.68. The highest BCUT2D eigenvalue weighted by molar-refractivity contribution is 4.96. The Balaban J connectivity index is 2.03. The molecule has 0 aliphatic heterocycles. The van der Waals surface area contributed by atoms with Crippen molar-refractivity contribution in [2.75, 3.05) is 6.61 Å². The van der Waals surface area contributed by atoms with Crippen LogP contribution in [0.25, 0.3) is 0 Å². The second kappa shape index (κ2) is 4.17. The first-order valence-corrected chi connectivity index (χ1v) is 5.79. The maximum absolute atomic E-state index is 9.86. The minimum absolute atomic E-state index is 0.157. The molecule has 0 aromatic rings. The van der Waals surface area contributed by atoms with Crippen molar-refractivity contribution in [1.82, 2.24) is 0 Å². The Hall–Kier alpha value is -0.120. The Morgan fingerprint density at radius 3 is 2.36 bits per heavy atom. The summed E-state index contributed by atoms with van der Waals surface area (Å²) in [7, 11) is 0. The Morgan fingerprint density at radius 2 is 1.86 bits per heavy atom. The molecule has 0 radical (unpaired) electrons. The molecule has 0 aromatic heterocycles. The predicted molar refractivity (Wildman–Crippen MR) is 54.5 cm³/mol. The zero-order valence-electron chi connectivity index (χ0n) is 8.86. The molecule has 3 fully saturated rings. The van der Waals surface area contributed by atoms with E-state index in [1.165, 1.54) is 25.7 Å². The van der Waals surface area contributed by atoms with Crippen molar-refractivity contribution >= 4 is 0 Å². The molecule has 0 saturated heterocycles. The summed E-state index contributed by atoms with van der Waals surface area (Å²) in [5, 5.41) is 9.86. The summed E-state index contributed by atoms with van der Waals surface area (Å²) in [6.07, 6.45) is 4.32. The second-order valence-corrected chi connectivity index (χ2v) is 4.68. The molecule has 3 aliphatic carbocycles. The molecule has 3 rings (SSSR count). The zero-order chi connectivity index (χ0) is 10.1. The number of ether oxygens (including phenoxy) is 1. The van der Waals surface area contributed by atoms with Crippen LogP contribution in [0.2, 0.25) is 0 Å². The van der Waals surface area contributed by atoms with Gasteiger partial charge in [0.1, 0.15) is 0 Å². The van der Waals surface area contributed by atoms with E-state index in [0.29, 0.717) is 18.4 Å². The lowest BCUT2D eigenvalue weighted by atomic mass is 9.62. The average molecular weight is 199 g/mol. The van der Waals surface area contributed by atoms with E-state index in [0.717, 1.165) is 0 Å². The van der Waals surface area contributed by atoms with Gasteiger partial charge < -0.3 is 15.6 Å². The summed E-state index contributed by atoms with van der Waals surface area (Å²) >= 11 is 0. The molecule has 3 saturated carbocycles. The number of aliphatic hydroxyl groups is 1. The minimum atomic E-state index is -0.636. The van der Waals surface area contributed by atoms with Crippen LogP contribution in [0.5, 0.6) is 0 Å². The van der Waals surface area contributed by atoms with Crippen LogP contribution in [-0.4, -0.2) is 24.0 Å². The molecule has 3 heteroatoms. The Labute approximate surface area is 85.6 Å². The summed E-state index contributed by atoms with van der Waals surface area (Å²) < 4.78 is 5.28. The monoisotopic (exact) mass is 199 g/mol. The maximum atomic E-state index is 9.86. The van der Waals surface area contributed by atoms with Crippen LogP contribution in [0.3, 0.4) is 0 Å². The first kappa shape index (κ1) is 10.4. The van der Waals surface area contributed by atoms with Gasteiger partial charge in [0.05, 0.1) is 0 Å². The van der Waals surface area contributed by atoms with Crippen LogP contribution >= 0.6 is 0 Å². The Morgan fingerprint density at radius 1 is 1.29 bits per heavy atom. The topological polar surface area (TPSA) is 55.5 Å². The molecule has 3 aliphatic rings. The van der Waals surface area contributed by atoms with E-state index < -0.39 is 6.29 Å². The van der Waals surface area contributed by atoms with Gasteiger partial charge in [0.2, 0.25) is 0 Å². The summed E-state index contributed by atoms with van der Waals surface area (Å²) in [6, 6.07) is 0.157. The largest absolute Gasteiger partial charge is 0.368 e. The molecule has 14 heavy (non-hydrogen) atoms. The van der Waals surface area contributed by atoms with E-state index in [2.05, 4.69) is 0 Å². The normalized spacial score (nSPS) is 43.9. The number of nitrogens with two attached hydrogens (primary N) is 1. The van der Waals surface area contributed by atoms with Crippen LogP contribution in [0.1, 0.15) is 32.6 Å². The fraction of sp³-hybridized carbons (Fsp3) is 1.00. The fourth-order valence-corrected chi connectivity index (χ4v) is 3.25. The van der Waals surface area contributed by atoms with Gasteiger partial charge >= 0.3 is 0 Å². The Kier molecular flexibility index (Phi) is 3.10. The van der Waals surface area contributed by atoms with Crippen molar-refractivity contribution < 1.29 is 9.84 Å². The number of aliphatic hydroxyl groups excluding tert-OH is 1. The third kappa shape index (κ3) is 1.69. The summed E-state index contributed by atoms with van der Waals surface area (Å²) in [4.78, 5) is 0. The lowest BCUT2D eigenvalue weighted by molar-refractivity contribution is -0.170. The molecule has 3 N–H and O–H groups in total. The van der Waals surface area contributed by atoms with Crippen molar-refractivity contribution in [1.29, 1.82) is 0 Å². The lowest BCUT2D eigenvalue weighted by Crippen LogP contribution is -2.54. The van der Waals surface area contributed by atoms with Crippen LogP contribution < -0.4 is 5.73 Å². The van der Waals surface area contributed by atoms with Gasteiger partial charge in [0.15, 0.2) is 6.29 Å². The van der Waals surface area contributed by atoms with Crippen molar-refractivity contribution in [3.8, 4) is 0 Å². The molecule has 2 unspecified atom stereocenters. The SMILES string of the molecule is CCOC(O)C1C2CCC(CC2)[C@@H]1N. The average Bonchev–Trinajstić information content (AvgIpc) is 2.19. The zero-order valence-corrected chi connectivity index (χ0v) is 8.86. The van der Waals surface area contributed by atoms with E-state index in [-0.39, 0.29) is 12.0 Å². The quantitative estimate of drug-likeness (QED) is 0.669. The van der Waals surface area contributed by atoms with E-state index in [4.69, 9.17) is 10.5 Å². The first-order chi connectivity index (χ1) is 6.74. The summed E-state index contributed by atoms with van der Waals surface area (Å²) in [5.41, 5.74) is 6.16. The summed E-state index contributed by atoms with van der Waals surface area (Å²) in [6.45, 7) is 2.48. The van der Waals surface area contributed by atoms with Gasteiger partial charge in [-0.2, -0.15) is 0 Å². The van der Waals surface area contributed by atoms with Gasteiger partial charge in [0, 0.05) is 18.6 Å². The fourth-order valence-electron chi connectivity index (χ4n) is 3.25. The van der Waals surface area contributed by atoms with Gasteiger partial charge in [-0.15, -0.1) is 0 Å². The van der Waals surface area contributed by atoms with E-state index in [1.807, 2.05) is 6.92 Å². The smallest absolute Gasteiger partial charge is 0.159 e. The Bertz CT molecular complexity index is 188. The standard InChI is InChI=1S/C11H21NO2/c1-2-14-11(13)9-7-3-5-8(6-4-7)10(9)12/h7-11,13H,2-6,12H2,1H3/t7?,8?,9?,10-,11?/m0/s1. The van der Waals surface area contributed by atoms with Crippen molar-refractivity contribution in [2.24, 2.45) is 23.5 Å². The van der Waals surface area contributed by atoms with Gasteiger partial charge in [-0.25, -0.2) is 0 Å². The predicted octanol–water partition coefficient (Wildman–Crippen LogP) is 1.10. The van der Waals surface area contributed by atoms with E-state index >= 15 is 0 Å². The number of rotatable bonds is 3. The van der Waals surface area contributed by atoms with E-state index in [9.17, 15) is 5.11 Å². The van der Waals surface area contributed by atoms with Gasteiger partial charge in [-0.1, -0.05) is 0 Å². The third-order valence-electron chi connectivity index (χ3n) is 4.02. The van der Waals surface area contributed by atoms with Crippen molar-refractivity contribution in [2.45, 2.75) is 44.9 Å². The van der Waals surface area contributed by atoms with Crippen molar-refractivity contribution in [3.63, 3.8) is 0 Å². The third-order valence-corrected chi connectivity index (χ3v) is 4.02. The summed E-state index contributed by atoms with van der Waals surface area (Å²) in [5.74, 6) is 1.40. The molecule has 2 bridgehead atoms. The number of hydrogen-bond donors (Lipinski definition) is 2. The molecule has 0 aromatic carbocycles. The highest BCUT2D eigenvalue weighted by Crippen LogP contribution is 2.45. The highest BCUT2D eigenvalue weighted by atomic mass is 16.6. The van der Waals surface area contributed by atoms with Crippen LogP contribution in [0, 0.1) is 17.8 Å². The molecule has 3 atom stereocenters. The molecular weight excluding hydrogens is 178 g/mol. The van der Waals surface area contributed by atoms with Gasteiger partial charge in [0.25, 0.3) is 0 Å². The minimum Gasteiger partial charge on any atom is -0.368 e. The van der Waals surface area contributed by atoms with Crippen molar-refractivity contribution in [3.05, 3.63) is 0 Å². The molecule has 0 heterocycles. The van der Waals surface area contributed by atoms with Gasteiger partial charge in [-0.3, -0.25) is 0 Å². The van der Waals surface area contributed by atoms with Gasteiger partial charge in [-0.05, 0) is 44.4 Å².